The molecule has 0 spiro atoms. The summed E-state index contributed by atoms with van der Waals surface area (Å²) in [5, 5.41) is 5.00. The molecule has 1 N–H and O–H groups in total. The molecule has 1 atom stereocenters. The maximum absolute atomic E-state index is 12.2. The van der Waals surface area contributed by atoms with Crippen molar-refractivity contribution in [3.05, 3.63) is 52.2 Å². The Morgan fingerprint density at radius 2 is 2.08 bits per heavy atom. The van der Waals surface area contributed by atoms with E-state index in [1.807, 2.05) is 37.7 Å². The van der Waals surface area contributed by atoms with Gasteiger partial charge in [0.1, 0.15) is 11.5 Å². The third-order valence-corrected chi connectivity index (χ3v) is 4.79. The molecule has 0 saturated heterocycles. The van der Waals surface area contributed by atoms with Crippen molar-refractivity contribution in [3.8, 4) is 11.5 Å². The molecule has 0 aliphatic carbocycles. The van der Waals surface area contributed by atoms with Gasteiger partial charge in [-0.3, -0.25) is 4.79 Å². The van der Waals surface area contributed by atoms with Gasteiger partial charge in [0.05, 0.1) is 20.3 Å². The second-order valence-corrected chi connectivity index (χ2v) is 6.66. The first-order valence-electron chi connectivity index (χ1n) is 7.93. The molecule has 2 rings (SSSR count). The van der Waals surface area contributed by atoms with Crippen LogP contribution in [0.1, 0.15) is 16.5 Å². The predicted molar refractivity (Wildman–Crippen MR) is 102 cm³/mol. The topological polar surface area (TPSA) is 50.8 Å². The zero-order valence-corrected chi connectivity index (χ0v) is 15.8. The summed E-state index contributed by atoms with van der Waals surface area (Å²) in [7, 11) is 7.21. The fourth-order valence-corrected chi connectivity index (χ4v) is 3.32. The lowest BCUT2D eigenvalue weighted by Crippen LogP contribution is -2.33. The lowest BCUT2D eigenvalue weighted by molar-refractivity contribution is -0.116. The number of ether oxygens (including phenoxy) is 2. The smallest absolute Gasteiger partial charge is 0.244 e. The first kappa shape index (κ1) is 19.0. The second-order valence-electron chi connectivity index (χ2n) is 5.68. The minimum absolute atomic E-state index is 0.138. The molecule has 0 saturated carbocycles. The second kappa shape index (κ2) is 9.25. The van der Waals surface area contributed by atoms with Gasteiger partial charge in [-0.2, -0.15) is 0 Å². The van der Waals surface area contributed by atoms with E-state index in [9.17, 15) is 4.79 Å². The van der Waals surface area contributed by atoms with Crippen molar-refractivity contribution in [1.82, 2.24) is 10.2 Å². The van der Waals surface area contributed by atoms with Crippen LogP contribution in [-0.4, -0.2) is 45.7 Å². The lowest BCUT2D eigenvalue weighted by atomic mass is 10.1. The van der Waals surface area contributed by atoms with Crippen LogP contribution < -0.4 is 14.8 Å². The highest BCUT2D eigenvalue weighted by Gasteiger charge is 2.15. The molecule has 25 heavy (non-hydrogen) atoms. The molecule has 1 unspecified atom stereocenters. The van der Waals surface area contributed by atoms with E-state index >= 15 is 0 Å². The highest BCUT2D eigenvalue weighted by Crippen LogP contribution is 2.25. The van der Waals surface area contributed by atoms with E-state index < -0.39 is 0 Å². The molecular weight excluding hydrogens is 336 g/mol. The van der Waals surface area contributed by atoms with Crippen molar-refractivity contribution in [2.75, 3.05) is 34.9 Å². The van der Waals surface area contributed by atoms with E-state index in [-0.39, 0.29) is 11.9 Å². The van der Waals surface area contributed by atoms with Crippen LogP contribution in [0.5, 0.6) is 11.5 Å². The van der Waals surface area contributed by atoms with Gasteiger partial charge in [-0.05, 0) is 43.8 Å². The number of hydrogen-bond donors (Lipinski definition) is 1. The normalized spacial score (nSPS) is 12.4. The number of carbonyl (C=O) groups is 1. The summed E-state index contributed by atoms with van der Waals surface area (Å²) >= 11 is 1.69. The molecule has 0 radical (unpaired) electrons. The highest BCUT2D eigenvalue weighted by molar-refractivity contribution is 7.10. The minimum Gasteiger partial charge on any atom is -0.497 e. The minimum atomic E-state index is -0.138. The zero-order valence-electron chi connectivity index (χ0n) is 15.0. The van der Waals surface area contributed by atoms with Crippen molar-refractivity contribution >= 4 is 23.3 Å². The van der Waals surface area contributed by atoms with E-state index in [1.54, 1.807) is 37.7 Å². The molecule has 0 aliphatic heterocycles. The number of likely N-dealkylation sites (N-methyl/N-ethyl adjacent to an activating group) is 1. The number of amides is 1. The van der Waals surface area contributed by atoms with E-state index in [4.69, 9.17) is 9.47 Å². The number of nitrogens with one attached hydrogen (secondary N) is 1. The first-order valence-corrected chi connectivity index (χ1v) is 8.81. The Kier molecular flexibility index (Phi) is 7.03. The number of benzene rings is 1. The van der Waals surface area contributed by atoms with Gasteiger partial charge in [-0.1, -0.05) is 6.07 Å². The van der Waals surface area contributed by atoms with Crippen molar-refractivity contribution in [3.63, 3.8) is 0 Å². The summed E-state index contributed by atoms with van der Waals surface area (Å²) in [5.41, 5.74) is 0.820. The number of hydrogen-bond acceptors (Lipinski definition) is 5. The molecule has 0 aliphatic rings. The molecule has 1 heterocycles. The Labute approximate surface area is 152 Å². The highest BCUT2D eigenvalue weighted by atomic mass is 32.1. The number of carbonyl (C=O) groups excluding carboxylic acids is 1. The van der Waals surface area contributed by atoms with Gasteiger partial charge in [-0.15, -0.1) is 11.3 Å². The van der Waals surface area contributed by atoms with Gasteiger partial charge < -0.3 is 19.7 Å². The summed E-state index contributed by atoms with van der Waals surface area (Å²) in [5.74, 6) is 1.23. The summed E-state index contributed by atoms with van der Waals surface area (Å²) in [6, 6.07) is 9.74. The largest absolute Gasteiger partial charge is 0.497 e. The number of methoxy groups -OCH3 is 2. The molecule has 134 valence electrons. The molecule has 5 nitrogen and oxygen atoms in total. The zero-order chi connectivity index (χ0) is 18.2. The van der Waals surface area contributed by atoms with E-state index in [0.29, 0.717) is 18.0 Å². The average molecular weight is 360 g/mol. The average Bonchev–Trinajstić information content (AvgIpc) is 3.13. The standard InChI is InChI=1S/C19H24N2O3S/c1-21(2)16(18-6-5-11-25-18)13-20-19(22)10-8-14-7-9-15(23-3)12-17(14)24-4/h5-12,16H,13H2,1-4H3,(H,20,22)/b10-8+. The van der Waals surface area contributed by atoms with Crippen molar-refractivity contribution < 1.29 is 14.3 Å². The Balaban J connectivity index is 1.99. The van der Waals surface area contributed by atoms with Crippen LogP contribution in [0.25, 0.3) is 6.08 Å². The SMILES string of the molecule is COc1ccc(/C=C/C(=O)NCC(c2cccs2)N(C)C)c(OC)c1. The van der Waals surface area contributed by atoms with Crippen molar-refractivity contribution in [1.29, 1.82) is 0 Å². The van der Waals surface area contributed by atoms with Crippen LogP contribution >= 0.6 is 11.3 Å². The summed E-state index contributed by atoms with van der Waals surface area (Å²) in [6.07, 6.45) is 3.26. The maximum Gasteiger partial charge on any atom is 0.244 e. The van der Waals surface area contributed by atoms with Crippen LogP contribution in [0, 0.1) is 0 Å². The molecular formula is C19H24N2O3S. The molecule has 0 fully saturated rings. The summed E-state index contributed by atoms with van der Waals surface area (Å²) in [4.78, 5) is 15.5. The molecule has 1 aromatic heterocycles. The Hall–Kier alpha value is -2.31. The van der Waals surface area contributed by atoms with Crippen molar-refractivity contribution in [2.24, 2.45) is 0 Å². The van der Waals surface area contributed by atoms with Gasteiger partial charge >= 0.3 is 0 Å². The fraction of sp³-hybridized carbons (Fsp3) is 0.316. The van der Waals surface area contributed by atoms with Gasteiger partial charge in [0, 0.05) is 29.1 Å². The first-order chi connectivity index (χ1) is 12.0. The molecule has 1 amide bonds. The Morgan fingerprint density at radius 3 is 2.68 bits per heavy atom. The van der Waals surface area contributed by atoms with Crippen LogP contribution in [-0.2, 0) is 4.79 Å². The van der Waals surface area contributed by atoms with Gasteiger partial charge in [0.25, 0.3) is 0 Å². The van der Waals surface area contributed by atoms with Crippen molar-refractivity contribution in [2.45, 2.75) is 6.04 Å². The Bertz CT molecular complexity index is 711. The molecule has 1 aromatic carbocycles. The van der Waals surface area contributed by atoms with Crippen LogP contribution in [0.2, 0.25) is 0 Å². The number of nitrogens with zero attached hydrogens (tertiary/aromatic N) is 1. The van der Waals surface area contributed by atoms with E-state index in [0.717, 1.165) is 5.56 Å². The van der Waals surface area contributed by atoms with Crippen LogP contribution in [0.15, 0.2) is 41.8 Å². The maximum atomic E-state index is 12.2. The fourth-order valence-electron chi connectivity index (χ4n) is 2.40. The third kappa shape index (κ3) is 5.34. The monoisotopic (exact) mass is 360 g/mol. The van der Waals surface area contributed by atoms with Crippen LogP contribution in [0.3, 0.4) is 0 Å². The number of thiophene rings is 1. The number of rotatable bonds is 8. The summed E-state index contributed by atoms with van der Waals surface area (Å²) < 4.78 is 10.5. The van der Waals surface area contributed by atoms with E-state index in [1.165, 1.54) is 11.0 Å². The summed E-state index contributed by atoms with van der Waals surface area (Å²) in [6.45, 7) is 0.552. The quantitative estimate of drug-likeness (QED) is 0.735. The molecule has 2 aromatic rings. The molecule has 6 heteroatoms. The lowest BCUT2D eigenvalue weighted by Gasteiger charge is -2.23. The Morgan fingerprint density at radius 1 is 1.28 bits per heavy atom. The van der Waals surface area contributed by atoms with Gasteiger partial charge in [0.15, 0.2) is 0 Å². The van der Waals surface area contributed by atoms with Gasteiger partial charge in [0.2, 0.25) is 5.91 Å². The van der Waals surface area contributed by atoms with Crippen LogP contribution in [0.4, 0.5) is 0 Å². The third-order valence-electron chi connectivity index (χ3n) is 3.82. The van der Waals surface area contributed by atoms with E-state index in [2.05, 4.69) is 16.3 Å². The predicted octanol–water partition coefficient (Wildman–Crippen LogP) is 3.20. The van der Waals surface area contributed by atoms with Gasteiger partial charge in [-0.25, -0.2) is 0 Å². The molecule has 0 bridgehead atoms.